The van der Waals surface area contributed by atoms with Crippen molar-refractivity contribution in [3.8, 4) is 0 Å². The molecule has 0 radical (unpaired) electrons. The summed E-state index contributed by atoms with van der Waals surface area (Å²) in [6.07, 6.45) is 2.33. The number of anilines is 1. The van der Waals surface area contributed by atoms with E-state index in [0.717, 1.165) is 12.8 Å². The van der Waals surface area contributed by atoms with E-state index in [4.69, 9.17) is 14.9 Å². The smallest absolute Gasteiger partial charge is 0.315 e. The van der Waals surface area contributed by atoms with E-state index in [0.29, 0.717) is 24.1 Å². The van der Waals surface area contributed by atoms with Crippen molar-refractivity contribution < 1.29 is 9.15 Å². The van der Waals surface area contributed by atoms with Gasteiger partial charge in [-0.1, -0.05) is 5.10 Å². The Morgan fingerprint density at radius 2 is 2.36 bits per heavy atom. The Morgan fingerprint density at radius 1 is 1.57 bits per heavy atom. The van der Waals surface area contributed by atoms with Gasteiger partial charge in [-0.3, -0.25) is 0 Å². The van der Waals surface area contributed by atoms with Gasteiger partial charge in [-0.15, -0.1) is 5.10 Å². The maximum atomic E-state index is 5.34. The van der Waals surface area contributed by atoms with E-state index in [1.807, 2.05) is 0 Å². The van der Waals surface area contributed by atoms with Crippen molar-refractivity contribution in [3.63, 3.8) is 0 Å². The summed E-state index contributed by atoms with van der Waals surface area (Å²) in [5, 5.41) is 10.7. The quantitative estimate of drug-likeness (QED) is 0.714. The molecule has 1 aromatic rings. The van der Waals surface area contributed by atoms with Crippen LogP contribution in [0.4, 0.5) is 6.01 Å². The zero-order valence-electron chi connectivity index (χ0n) is 8.06. The van der Waals surface area contributed by atoms with E-state index in [1.165, 1.54) is 0 Å². The number of rotatable bonds is 4. The number of aromatic nitrogens is 2. The summed E-state index contributed by atoms with van der Waals surface area (Å²) in [5.41, 5.74) is 5.34. The van der Waals surface area contributed by atoms with Crippen LogP contribution in [0, 0.1) is 0 Å². The highest BCUT2D eigenvalue weighted by atomic mass is 16.5. The average molecular weight is 198 g/mol. The Labute approximate surface area is 81.8 Å². The summed E-state index contributed by atoms with van der Waals surface area (Å²) < 4.78 is 10.4. The van der Waals surface area contributed by atoms with Gasteiger partial charge in [0.05, 0.1) is 12.6 Å². The standard InChI is InChI=1S/C8H14N4O2/c1-13-6-2-5(3-6)10-8-12-11-7(4-9)14-8/h5-6H,2-4,9H2,1H3,(H,10,12). The molecule has 1 aromatic heterocycles. The number of ether oxygens (including phenoxy) is 1. The van der Waals surface area contributed by atoms with E-state index in [1.54, 1.807) is 7.11 Å². The predicted octanol–water partition coefficient (Wildman–Crippen LogP) is 0.118. The van der Waals surface area contributed by atoms with Crippen molar-refractivity contribution in [2.24, 2.45) is 5.73 Å². The molecule has 0 amide bonds. The zero-order chi connectivity index (χ0) is 9.97. The van der Waals surface area contributed by atoms with Crippen molar-refractivity contribution in [3.05, 3.63) is 5.89 Å². The second-order valence-corrected chi connectivity index (χ2v) is 3.38. The SMILES string of the molecule is COC1CC(Nc2nnc(CN)o2)C1. The van der Waals surface area contributed by atoms with Crippen LogP contribution in [0.2, 0.25) is 0 Å². The summed E-state index contributed by atoms with van der Waals surface area (Å²) >= 11 is 0. The van der Waals surface area contributed by atoms with Crippen LogP contribution in [-0.4, -0.2) is 29.5 Å². The Kier molecular flexibility index (Phi) is 2.64. The molecule has 1 aliphatic rings. The van der Waals surface area contributed by atoms with Crippen LogP contribution in [0.25, 0.3) is 0 Å². The van der Waals surface area contributed by atoms with E-state index in [2.05, 4.69) is 15.5 Å². The highest BCUT2D eigenvalue weighted by Crippen LogP contribution is 2.25. The molecule has 0 spiro atoms. The highest BCUT2D eigenvalue weighted by Gasteiger charge is 2.29. The third-order valence-corrected chi connectivity index (χ3v) is 2.40. The first-order valence-corrected chi connectivity index (χ1v) is 4.63. The lowest BCUT2D eigenvalue weighted by molar-refractivity contribution is 0.0323. The van der Waals surface area contributed by atoms with Gasteiger partial charge in [0.15, 0.2) is 0 Å². The largest absolute Gasteiger partial charge is 0.407 e. The van der Waals surface area contributed by atoms with Crippen LogP contribution < -0.4 is 11.1 Å². The predicted molar refractivity (Wildman–Crippen MR) is 49.6 cm³/mol. The second-order valence-electron chi connectivity index (χ2n) is 3.38. The topological polar surface area (TPSA) is 86.2 Å². The molecule has 78 valence electrons. The molecule has 6 heteroatoms. The minimum absolute atomic E-state index is 0.278. The molecule has 14 heavy (non-hydrogen) atoms. The lowest BCUT2D eigenvalue weighted by Gasteiger charge is -2.33. The Bertz CT molecular complexity index is 295. The second kappa shape index (κ2) is 3.93. The number of nitrogens with zero attached hydrogens (tertiary/aromatic N) is 2. The first kappa shape index (κ1) is 9.42. The van der Waals surface area contributed by atoms with Crippen molar-refractivity contribution in [1.29, 1.82) is 0 Å². The van der Waals surface area contributed by atoms with Crippen LogP contribution in [0.15, 0.2) is 4.42 Å². The summed E-state index contributed by atoms with van der Waals surface area (Å²) in [4.78, 5) is 0. The molecule has 0 unspecified atom stereocenters. The van der Waals surface area contributed by atoms with Crippen LogP contribution in [-0.2, 0) is 11.3 Å². The number of nitrogens with two attached hydrogens (primary N) is 1. The highest BCUT2D eigenvalue weighted by molar-refractivity contribution is 5.21. The lowest BCUT2D eigenvalue weighted by atomic mass is 9.89. The summed E-state index contributed by atoms with van der Waals surface area (Å²) in [7, 11) is 1.72. The lowest BCUT2D eigenvalue weighted by Crippen LogP contribution is -2.40. The van der Waals surface area contributed by atoms with Gasteiger partial charge in [0.2, 0.25) is 5.89 Å². The van der Waals surface area contributed by atoms with Gasteiger partial charge in [0, 0.05) is 13.2 Å². The van der Waals surface area contributed by atoms with Gasteiger partial charge < -0.3 is 20.2 Å². The Morgan fingerprint density at radius 3 is 2.93 bits per heavy atom. The summed E-state index contributed by atoms with van der Waals surface area (Å²) in [6.45, 7) is 0.278. The average Bonchev–Trinajstić information content (AvgIpc) is 2.58. The van der Waals surface area contributed by atoms with Gasteiger partial charge in [0.25, 0.3) is 0 Å². The molecule has 0 aromatic carbocycles. The maximum Gasteiger partial charge on any atom is 0.315 e. The van der Waals surface area contributed by atoms with Crippen molar-refractivity contribution >= 4 is 6.01 Å². The van der Waals surface area contributed by atoms with Crippen molar-refractivity contribution in [1.82, 2.24) is 10.2 Å². The number of methoxy groups -OCH3 is 1. The third kappa shape index (κ3) is 1.85. The van der Waals surface area contributed by atoms with Crippen LogP contribution in [0.1, 0.15) is 18.7 Å². The number of hydrogen-bond donors (Lipinski definition) is 2. The fraction of sp³-hybridized carbons (Fsp3) is 0.750. The van der Waals surface area contributed by atoms with Crippen LogP contribution in [0.5, 0.6) is 0 Å². The molecule has 0 bridgehead atoms. The van der Waals surface area contributed by atoms with Crippen molar-refractivity contribution in [2.75, 3.05) is 12.4 Å². The minimum atomic E-state index is 0.278. The molecule has 1 fully saturated rings. The number of nitrogens with one attached hydrogen (secondary N) is 1. The van der Waals surface area contributed by atoms with Gasteiger partial charge in [-0.2, -0.15) is 0 Å². The first-order valence-electron chi connectivity index (χ1n) is 4.63. The fourth-order valence-electron chi connectivity index (χ4n) is 1.44. The molecule has 1 aliphatic carbocycles. The van der Waals surface area contributed by atoms with Gasteiger partial charge >= 0.3 is 6.01 Å². The van der Waals surface area contributed by atoms with Gasteiger partial charge in [-0.25, -0.2) is 0 Å². The molecule has 0 aliphatic heterocycles. The third-order valence-electron chi connectivity index (χ3n) is 2.40. The van der Waals surface area contributed by atoms with E-state index < -0.39 is 0 Å². The van der Waals surface area contributed by atoms with Crippen LogP contribution in [0.3, 0.4) is 0 Å². The van der Waals surface area contributed by atoms with Crippen LogP contribution >= 0.6 is 0 Å². The molecule has 6 nitrogen and oxygen atoms in total. The Hall–Kier alpha value is -1.14. The normalized spacial score (nSPS) is 25.9. The molecule has 0 saturated heterocycles. The minimum Gasteiger partial charge on any atom is -0.407 e. The molecule has 2 rings (SSSR count). The summed E-state index contributed by atoms with van der Waals surface area (Å²) in [5.74, 6) is 0.454. The van der Waals surface area contributed by atoms with Crippen molar-refractivity contribution in [2.45, 2.75) is 31.5 Å². The molecular formula is C8H14N4O2. The first-order chi connectivity index (χ1) is 6.81. The molecule has 1 heterocycles. The fourth-order valence-corrected chi connectivity index (χ4v) is 1.44. The van der Waals surface area contributed by atoms with E-state index >= 15 is 0 Å². The molecule has 1 saturated carbocycles. The maximum absolute atomic E-state index is 5.34. The van der Waals surface area contributed by atoms with E-state index in [9.17, 15) is 0 Å². The van der Waals surface area contributed by atoms with E-state index in [-0.39, 0.29) is 6.54 Å². The van der Waals surface area contributed by atoms with Gasteiger partial charge in [-0.05, 0) is 12.8 Å². The monoisotopic (exact) mass is 198 g/mol. The summed E-state index contributed by atoms with van der Waals surface area (Å²) in [6, 6.07) is 0.830. The molecule has 0 atom stereocenters. The molecular weight excluding hydrogens is 184 g/mol. The Balaban J connectivity index is 1.81. The van der Waals surface area contributed by atoms with Gasteiger partial charge in [0.1, 0.15) is 0 Å². The molecule has 3 N–H and O–H groups in total. The number of hydrogen-bond acceptors (Lipinski definition) is 6. The zero-order valence-corrected chi connectivity index (χ0v) is 8.06.